The van der Waals surface area contributed by atoms with Crippen LogP contribution in [0, 0.1) is 0 Å². The van der Waals surface area contributed by atoms with Crippen molar-refractivity contribution in [3.63, 3.8) is 0 Å². The smallest absolute Gasteiger partial charge is 0.252 e. The molecule has 0 spiro atoms. The van der Waals surface area contributed by atoms with E-state index in [4.69, 9.17) is 0 Å². The van der Waals surface area contributed by atoms with Crippen molar-refractivity contribution in [3.05, 3.63) is 66.1 Å². The van der Waals surface area contributed by atoms with Crippen LogP contribution in [-0.4, -0.2) is 26.5 Å². The van der Waals surface area contributed by atoms with Gasteiger partial charge in [-0.2, -0.15) is 0 Å². The van der Waals surface area contributed by atoms with Crippen LogP contribution in [0.15, 0.2) is 55.0 Å². The summed E-state index contributed by atoms with van der Waals surface area (Å²) in [7, 11) is 0. The molecule has 0 saturated carbocycles. The lowest BCUT2D eigenvalue weighted by Crippen LogP contribution is -2.37. The van der Waals surface area contributed by atoms with Gasteiger partial charge in [0.15, 0.2) is 5.65 Å². The van der Waals surface area contributed by atoms with Gasteiger partial charge < -0.3 is 5.32 Å². The third-order valence-electron chi connectivity index (χ3n) is 4.30. The van der Waals surface area contributed by atoms with Crippen molar-refractivity contribution in [1.29, 1.82) is 0 Å². The van der Waals surface area contributed by atoms with E-state index in [9.17, 15) is 4.79 Å². The van der Waals surface area contributed by atoms with Crippen LogP contribution in [0.5, 0.6) is 0 Å². The molecule has 3 rings (SSSR count). The molecule has 3 aromatic rings. The summed E-state index contributed by atoms with van der Waals surface area (Å²) >= 11 is 0. The summed E-state index contributed by atoms with van der Waals surface area (Å²) in [5, 5.41) is 10.9. The minimum absolute atomic E-state index is 0.00776. The molecular weight excluding hydrogens is 300 g/mol. The van der Waals surface area contributed by atoms with Gasteiger partial charge in [-0.3, -0.25) is 9.20 Å². The molecule has 0 saturated heterocycles. The molecule has 5 nitrogen and oxygen atoms in total. The molecule has 0 aliphatic heterocycles. The van der Waals surface area contributed by atoms with Crippen molar-refractivity contribution in [2.45, 2.75) is 38.6 Å². The summed E-state index contributed by atoms with van der Waals surface area (Å²) < 4.78 is 1.74. The Balaban J connectivity index is 1.67. The standard InChI is InChI=1S/C19H22N4O/c1-14(11-19(2,3)16-7-5-4-6-8-16)21-18(24)15-9-10-17-22-20-13-23(17)12-15/h4-10,12-14H,11H2,1-3H3,(H,21,24)/t14-/m0/s1. The SMILES string of the molecule is C[C@@H](CC(C)(C)c1ccccc1)NC(=O)c1ccc2nncn2c1. The summed E-state index contributed by atoms with van der Waals surface area (Å²) in [5.74, 6) is -0.0815. The third kappa shape index (κ3) is 3.45. The van der Waals surface area contributed by atoms with E-state index < -0.39 is 0 Å². The molecular formula is C19H22N4O. The monoisotopic (exact) mass is 322 g/mol. The summed E-state index contributed by atoms with van der Waals surface area (Å²) in [4.78, 5) is 12.5. The Morgan fingerprint density at radius 1 is 1.21 bits per heavy atom. The fraction of sp³-hybridized carbons (Fsp3) is 0.316. The first-order valence-corrected chi connectivity index (χ1v) is 8.11. The number of benzene rings is 1. The molecule has 2 heterocycles. The largest absolute Gasteiger partial charge is 0.350 e. The highest BCUT2D eigenvalue weighted by Crippen LogP contribution is 2.28. The first kappa shape index (κ1) is 16.2. The molecule has 5 heteroatoms. The number of carbonyl (C=O) groups is 1. The average Bonchev–Trinajstić information content (AvgIpc) is 3.02. The van der Waals surface area contributed by atoms with Gasteiger partial charge in [0.2, 0.25) is 0 Å². The Morgan fingerprint density at radius 3 is 2.71 bits per heavy atom. The fourth-order valence-corrected chi connectivity index (χ4v) is 3.09. The van der Waals surface area contributed by atoms with Crippen molar-refractivity contribution >= 4 is 11.6 Å². The van der Waals surface area contributed by atoms with E-state index >= 15 is 0 Å². The number of hydrogen-bond donors (Lipinski definition) is 1. The van der Waals surface area contributed by atoms with E-state index in [2.05, 4.69) is 53.6 Å². The van der Waals surface area contributed by atoms with Crippen LogP contribution in [0.3, 0.4) is 0 Å². The highest BCUT2D eigenvalue weighted by molar-refractivity contribution is 5.94. The fourth-order valence-electron chi connectivity index (χ4n) is 3.09. The zero-order valence-electron chi connectivity index (χ0n) is 14.2. The van der Waals surface area contributed by atoms with Crippen molar-refractivity contribution in [2.75, 3.05) is 0 Å². The lowest BCUT2D eigenvalue weighted by atomic mass is 9.79. The highest BCUT2D eigenvalue weighted by Gasteiger charge is 2.24. The average molecular weight is 322 g/mol. The van der Waals surface area contributed by atoms with Crippen LogP contribution in [-0.2, 0) is 5.41 Å². The molecule has 24 heavy (non-hydrogen) atoms. The molecule has 1 atom stereocenters. The predicted molar refractivity (Wildman–Crippen MR) is 94.0 cm³/mol. The number of amides is 1. The van der Waals surface area contributed by atoms with Gasteiger partial charge >= 0.3 is 0 Å². The minimum Gasteiger partial charge on any atom is -0.350 e. The van der Waals surface area contributed by atoms with Gasteiger partial charge in [0.05, 0.1) is 5.56 Å². The number of carbonyl (C=O) groups excluding carboxylic acids is 1. The van der Waals surface area contributed by atoms with Crippen LogP contribution >= 0.6 is 0 Å². The number of hydrogen-bond acceptors (Lipinski definition) is 3. The number of nitrogens with zero attached hydrogens (tertiary/aromatic N) is 3. The molecule has 1 N–H and O–H groups in total. The first-order valence-electron chi connectivity index (χ1n) is 8.11. The van der Waals surface area contributed by atoms with E-state index in [-0.39, 0.29) is 17.4 Å². The molecule has 1 amide bonds. The molecule has 1 aromatic carbocycles. The summed E-state index contributed by atoms with van der Waals surface area (Å²) in [6, 6.07) is 14.0. The van der Waals surface area contributed by atoms with Gasteiger partial charge in [0.25, 0.3) is 5.91 Å². The molecule has 0 aliphatic rings. The van der Waals surface area contributed by atoms with Crippen LogP contribution < -0.4 is 5.32 Å². The Morgan fingerprint density at radius 2 is 1.96 bits per heavy atom. The van der Waals surface area contributed by atoms with Gasteiger partial charge in [0.1, 0.15) is 6.33 Å². The summed E-state index contributed by atoms with van der Waals surface area (Å²) in [6.07, 6.45) is 4.20. The molecule has 124 valence electrons. The van der Waals surface area contributed by atoms with Gasteiger partial charge in [-0.25, -0.2) is 0 Å². The molecule has 0 aliphatic carbocycles. The summed E-state index contributed by atoms with van der Waals surface area (Å²) in [6.45, 7) is 6.45. The van der Waals surface area contributed by atoms with Gasteiger partial charge in [-0.05, 0) is 36.5 Å². The van der Waals surface area contributed by atoms with Crippen LogP contribution in [0.1, 0.15) is 43.1 Å². The molecule has 0 bridgehead atoms. The molecule has 0 unspecified atom stereocenters. The number of fused-ring (bicyclic) bond motifs is 1. The quantitative estimate of drug-likeness (QED) is 0.784. The van der Waals surface area contributed by atoms with Gasteiger partial charge in [0, 0.05) is 12.2 Å². The maximum atomic E-state index is 12.5. The zero-order valence-corrected chi connectivity index (χ0v) is 14.2. The third-order valence-corrected chi connectivity index (χ3v) is 4.30. The van der Waals surface area contributed by atoms with E-state index in [1.165, 1.54) is 5.56 Å². The van der Waals surface area contributed by atoms with E-state index in [1.807, 2.05) is 13.0 Å². The Bertz CT molecular complexity index is 839. The highest BCUT2D eigenvalue weighted by atomic mass is 16.1. The minimum atomic E-state index is -0.0815. The maximum absolute atomic E-state index is 12.5. The number of rotatable bonds is 5. The molecule has 2 aromatic heterocycles. The van der Waals surface area contributed by atoms with Crippen LogP contribution in [0.25, 0.3) is 5.65 Å². The van der Waals surface area contributed by atoms with E-state index in [0.717, 1.165) is 12.1 Å². The van der Waals surface area contributed by atoms with Crippen molar-refractivity contribution in [2.24, 2.45) is 0 Å². The Hall–Kier alpha value is -2.69. The first-order chi connectivity index (χ1) is 11.5. The second-order valence-corrected chi connectivity index (χ2v) is 6.84. The van der Waals surface area contributed by atoms with Crippen molar-refractivity contribution in [1.82, 2.24) is 19.9 Å². The molecule has 0 radical (unpaired) electrons. The predicted octanol–water partition coefficient (Wildman–Crippen LogP) is 3.22. The lowest BCUT2D eigenvalue weighted by molar-refractivity contribution is 0.0934. The number of pyridine rings is 1. The van der Waals surface area contributed by atoms with Crippen molar-refractivity contribution < 1.29 is 4.79 Å². The van der Waals surface area contributed by atoms with Crippen LogP contribution in [0.4, 0.5) is 0 Å². The maximum Gasteiger partial charge on any atom is 0.252 e. The normalized spacial score (nSPS) is 13.0. The Labute approximate surface area is 141 Å². The van der Waals surface area contributed by atoms with Crippen molar-refractivity contribution in [3.8, 4) is 0 Å². The lowest BCUT2D eigenvalue weighted by Gasteiger charge is -2.29. The Kier molecular flexibility index (Phi) is 4.34. The number of aromatic nitrogens is 3. The zero-order chi connectivity index (χ0) is 17.2. The van der Waals surface area contributed by atoms with E-state index in [0.29, 0.717) is 5.56 Å². The van der Waals surface area contributed by atoms with Gasteiger partial charge in [-0.15, -0.1) is 10.2 Å². The summed E-state index contributed by atoms with van der Waals surface area (Å²) in [5.41, 5.74) is 2.60. The van der Waals surface area contributed by atoms with E-state index in [1.54, 1.807) is 29.1 Å². The second-order valence-electron chi connectivity index (χ2n) is 6.84. The topological polar surface area (TPSA) is 59.3 Å². The van der Waals surface area contributed by atoms with Crippen LogP contribution in [0.2, 0.25) is 0 Å². The van der Waals surface area contributed by atoms with Gasteiger partial charge in [-0.1, -0.05) is 44.2 Å². The second kappa shape index (κ2) is 6.43. The molecule has 0 fully saturated rings. The number of nitrogens with one attached hydrogen (secondary N) is 1.